The average Bonchev–Trinajstić information content (AvgIpc) is 3.28. The van der Waals surface area contributed by atoms with Crippen molar-refractivity contribution in [1.82, 2.24) is 15.2 Å². The van der Waals surface area contributed by atoms with Crippen molar-refractivity contribution in [1.29, 1.82) is 0 Å². The summed E-state index contributed by atoms with van der Waals surface area (Å²) in [5.74, 6) is 0.399. The number of pyridine rings is 1. The van der Waals surface area contributed by atoms with Crippen molar-refractivity contribution in [3.8, 4) is 11.1 Å². The fourth-order valence-corrected chi connectivity index (χ4v) is 6.85. The maximum Gasteiger partial charge on any atom is 0.405 e. The summed E-state index contributed by atoms with van der Waals surface area (Å²) in [6.45, 7) is 3.09. The first-order valence-corrected chi connectivity index (χ1v) is 15.1. The summed E-state index contributed by atoms with van der Waals surface area (Å²) >= 11 is 3.51. The van der Waals surface area contributed by atoms with Gasteiger partial charge in [-0.3, -0.25) is 9.69 Å². The molecular weight excluding hydrogens is 605 g/mol. The SMILES string of the molecule is O=C(NCC(F)(F)F)C1(CCCCN2CCN(c3ccc4cc(Br)ccc4n3)CC2)c2ccccc2-c2ccccc21. The molecule has 0 atom stereocenters. The Balaban J connectivity index is 1.11. The van der Waals surface area contributed by atoms with Gasteiger partial charge in [0.1, 0.15) is 17.8 Å². The Bertz CT molecular complexity index is 1550. The number of amides is 1. The number of nitrogens with one attached hydrogen (secondary N) is 1. The molecule has 1 N–H and O–H groups in total. The summed E-state index contributed by atoms with van der Waals surface area (Å²) < 4.78 is 40.4. The first kappa shape index (κ1) is 28.7. The minimum absolute atomic E-state index is 0.446. The van der Waals surface area contributed by atoms with Gasteiger partial charge < -0.3 is 10.2 Å². The van der Waals surface area contributed by atoms with E-state index in [0.717, 1.165) is 82.6 Å². The van der Waals surface area contributed by atoms with E-state index in [1.54, 1.807) is 0 Å². The number of benzene rings is 3. The lowest BCUT2D eigenvalue weighted by Gasteiger charge is -2.36. The lowest BCUT2D eigenvalue weighted by Crippen LogP contribution is -2.47. The van der Waals surface area contributed by atoms with Crippen molar-refractivity contribution < 1.29 is 18.0 Å². The van der Waals surface area contributed by atoms with Crippen molar-refractivity contribution >= 4 is 38.6 Å². The van der Waals surface area contributed by atoms with Gasteiger partial charge in [-0.25, -0.2) is 4.98 Å². The van der Waals surface area contributed by atoms with E-state index in [4.69, 9.17) is 4.98 Å². The Hall–Kier alpha value is -3.43. The molecule has 3 aromatic carbocycles. The highest BCUT2D eigenvalue weighted by molar-refractivity contribution is 9.10. The van der Waals surface area contributed by atoms with Gasteiger partial charge in [0, 0.05) is 36.0 Å². The number of rotatable bonds is 8. The molecule has 5 nitrogen and oxygen atoms in total. The van der Waals surface area contributed by atoms with Crippen molar-refractivity contribution in [2.24, 2.45) is 0 Å². The highest BCUT2D eigenvalue weighted by atomic mass is 79.9. The monoisotopic (exact) mass is 636 g/mol. The highest BCUT2D eigenvalue weighted by Gasteiger charge is 2.49. The number of hydrogen-bond acceptors (Lipinski definition) is 4. The molecule has 1 fully saturated rings. The predicted octanol–water partition coefficient (Wildman–Crippen LogP) is 6.93. The van der Waals surface area contributed by atoms with Gasteiger partial charge in [-0.15, -0.1) is 0 Å². The maximum atomic E-state index is 13.7. The van der Waals surface area contributed by atoms with E-state index in [2.05, 4.69) is 49.2 Å². The van der Waals surface area contributed by atoms with Crippen LogP contribution in [0.25, 0.3) is 22.0 Å². The van der Waals surface area contributed by atoms with Gasteiger partial charge in [0.2, 0.25) is 5.91 Å². The Morgan fingerprint density at radius 2 is 1.55 bits per heavy atom. The number of piperazine rings is 1. The fraction of sp³-hybridized carbons (Fsp3) is 0.333. The van der Waals surface area contributed by atoms with Gasteiger partial charge in [-0.1, -0.05) is 70.9 Å². The van der Waals surface area contributed by atoms with E-state index in [0.29, 0.717) is 12.8 Å². The van der Waals surface area contributed by atoms with Crippen molar-refractivity contribution in [2.75, 3.05) is 44.2 Å². The van der Waals surface area contributed by atoms with Gasteiger partial charge in [0.15, 0.2) is 0 Å². The van der Waals surface area contributed by atoms with Crippen LogP contribution in [-0.4, -0.2) is 61.2 Å². The largest absolute Gasteiger partial charge is 0.405 e. The molecule has 0 spiro atoms. The lowest BCUT2D eigenvalue weighted by atomic mass is 9.73. The van der Waals surface area contributed by atoms with Crippen LogP contribution >= 0.6 is 15.9 Å². The Labute approximate surface area is 251 Å². The standard InChI is InChI=1S/C33H32BrF3N4O/c34-24-12-13-29-23(21-24)11-14-30(39-29)41-19-17-40(18-20-41)16-6-5-15-32(31(42)38-22-33(35,36)37)27-9-3-1-7-25(27)26-8-2-4-10-28(26)32/h1-4,7-14,21H,5-6,15-20,22H2,(H,38,42). The number of nitrogens with zero attached hydrogens (tertiary/aromatic N) is 3. The zero-order valence-corrected chi connectivity index (χ0v) is 24.7. The number of unbranched alkanes of at least 4 members (excludes halogenated alkanes) is 1. The minimum atomic E-state index is -4.48. The second-order valence-corrected chi connectivity index (χ2v) is 12.0. The molecule has 2 aliphatic rings. The number of anilines is 1. The zero-order valence-electron chi connectivity index (χ0n) is 23.1. The summed E-state index contributed by atoms with van der Waals surface area (Å²) in [7, 11) is 0. The summed E-state index contributed by atoms with van der Waals surface area (Å²) in [5, 5.41) is 3.32. The molecule has 2 heterocycles. The fourth-order valence-electron chi connectivity index (χ4n) is 6.47. The van der Waals surface area contributed by atoms with Gasteiger partial charge in [-0.2, -0.15) is 13.2 Å². The Kier molecular flexibility index (Phi) is 7.98. The number of carbonyl (C=O) groups excluding carboxylic acids is 1. The molecule has 9 heteroatoms. The Morgan fingerprint density at radius 3 is 2.21 bits per heavy atom. The van der Waals surface area contributed by atoms with Gasteiger partial charge in [0.05, 0.1) is 5.52 Å². The smallest absolute Gasteiger partial charge is 0.354 e. The number of carbonyl (C=O) groups is 1. The topological polar surface area (TPSA) is 48.5 Å². The zero-order chi connectivity index (χ0) is 29.3. The molecule has 4 aromatic rings. The van der Waals surface area contributed by atoms with Crippen LogP contribution in [0.2, 0.25) is 0 Å². The van der Waals surface area contributed by atoms with Crippen LogP contribution in [0, 0.1) is 0 Å². The predicted molar refractivity (Wildman–Crippen MR) is 164 cm³/mol. The van der Waals surface area contributed by atoms with Crippen LogP contribution in [0.3, 0.4) is 0 Å². The normalized spacial score (nSPS) is 16.3. The summed E-state index contributed by atoms with van der Waals surface area (Å²) in [6, 6.07) is 25.5. The first-order chi connectivity index (χ1) is 20.2. The molecule has 1 amide bonds. The van der Waals surface area contributed by atoms with Crippen molar-refractivity contribution in [3.63, 3.8) is 0 Å². The van der Waals surface area contributed by atoms with Gasteiger partial charge >= 0.3 is 6.18 Å². The van der Waals surface area contributed by atoms with Crippen molar-refractivity contribution in [2.45, 2.75) is 30.9 Å². The second kappa shape index (κ2) is 11.7. The third-order valence-electron chi connectivity index (χ3n) is 8.51. The van der Waals surface area contributed by atoms with Crippen LogP contribution in [0.4, 0.5) is 19.0 Å². The number of aromatic nitrogens is 1. The molecular formula is C33H32BrF3N4O. The molecule has 0 bridgehead atoms. The van der Waals surface area contributed by atoms with E-state index < -0.39 is 24.0 Å². The molecule has 1 aliphatic carbocycles. The molecule has 0 saturated carbocycles. The van der Waals surface area contributed by atoms with Crippen LogP contribution in [0.15, 0.2) is 83.3 Å². The molecule has 218 valence electrons. The third-order valence-corrected chi connectivity index (χ3v) is 9.00. The van der Waals surface area contributed by atoms with E-state index in [9.17, 15) is 18.0 Å². The van der Waals surface area contributed by atoms with Crippen LogP contribution in [0.5, 0.6) is 0 Å². The maximum absolute atomic E-state index is 13.7. The molecule has 1 aromatic heterocycles. The molecule has 6 rings (SSSR count). The number of halogens is 4. The van der Waals surface area contributed by atoms with Crippen LogP contribution in [0.1, 0.15) is 30.4 Å². The summed E-state index contributed by atoms with van der Waals surface area (Å²) in [4.78, 5) is 23.3. The molecule has 0 unspecified atom stereocenters. The highest BCUT2D eigenvalue weighted by Crippen LogP contribution is 2.51. The first-order valence-electron chi connectivity index (χ1n) is 14.3. The lowest BCUT2D eigenvalue weighted by molar-refractivity contribution is -0.141. The number of fused-ring (bicyclic) bond motifs is 4. The van der Waals surface area contributed by atoms with Crippen LogP contribution < -0.4 is 10.2 Å². The summed E-state index contributed by atoms with van der Waals surface area (Å²) in [6.07, 6.45) is -2.47. The number of hydrogen-bond donors (Lipinski definition) is 1. The second-order valence-electron chi connectivity index (χ2n) is 11.1. The van der Waals surface area contributed by atoms with Crippen LogP contribution in [-0.2, 0) is 10.2 Å². The molecule has 1 saturated heterocycles. The molecule has 0 radical (unpaired) electrons. The number of alkyl halides is 3. The molecule has 1 aliphatic heterocycles. The van der Waals surface area contributed by atoms with Crippen molar-refractivity contribution in [3.05, 3.63) is 94.5 Å². The van der Waals surface area contributed by atoms with E-state index in [1.165, 1.54) is 0 Å². The summed E-state index contributed by atoms with van der Waals surface area (Å²) in [5.41, 5.74) is 3.24. The molecule has 42 heavy (non-hydrogen) atoms. The van der Waals surface area contributed by atoms with E-state index in [1.807, 2.05) is 60.7 Å². The average molecular weight is 638 g/mol. The minimum Gasteiger partial charge on any atom is -0.354 e. The van der Waals surface area contributed by atoms with Gasteiger partial charge in [0.25, 0.3) is 0 Å². The van der Waals surface area contributed by atoms with E-state index >= 15 is 0 Å². The third kappa shape index (κ3) is 5.64. The Morgan fingerprint density at radius 1 is 0.881 bits per heavy atom. The quantitative estimate of drug-likeness (QED) is 0.213. The van der Waals surface area contributed by atoms with E-state index in [-0.39, 0.29) is 0 Å². The van der Waals surface area contributed by atoms with Gasteiger partial charge in [-0.05, 0) is 72.0 Å².